The van der Waals surface area contributed by atoms with Crippen LogP contribution in [0, 0.1) is 0 Å². The van der Waals surface area contributed by atoms with Crippen molar-refractivity contribution in [1.29, 1.82) is 0 Å². The number of pyridine rings is 1. The number of carbonyl (C=O) groups is 1. The Morgan fingerprint density at radius 2 is 1.97 bits per heavy atom. The standard InChI is InChI=1S/C19H14F3N5O4/c1-9(2)30-18(29)17-24-8-14(31-17)11-7-25-27-15(28)5-13(26-16(11)27)12-4-3-10(6-23-12)19(20,21)22/h3-9,25H,1-2H3. The molecule has 0 fully saturated rings. The maximum Gasteiger partial charge on any atom is 0.417 e. The van der Waals surface area contributed by atoms with Gasteiger partial charge in [-0.1, -0.05) is 0 Å². The Kier molecular flexibility index (Phi) is 4.84. The molecule has 4 heterocycles. The van der Waals surface area contributed by atoms with Gasteiger partial charge in [-0.3, -0.25) is 14.9 Å². The molecule has 0 aliphatic heterocycles. The van der Waals surface area contributed by atoms with Crippen LogP contribution >= 0.6 is 0 Å². The number of halogens is 3. The van der Waals surface area contributed by atoms with Crippen molar-refractivity contribution < 1.29 is 27.1 Å². The molecule has 4 aromatic rings. The maximum absolute atomic E-state index is 12.8. The molecule has 0 saturated heterocycles. The van der Waals surface area contributed by atoms with Gasteiger partial charge in [-0.2, -0.15) is 13.2 Å². The molecule has 4 aromatic heterocycles. The summed E-state index contributed by atoms with van der Waals surface area (Å²) in [6.07, 6.45) is -1.53. The number of hydrogen-bond donors (Lipinski definition) is 1. The van der Waals surface area contributed by atoms with Gasteiger partial charge in [0.15, 0.2) is 11.4 Å². The Bertz CT molecular complexity index is 1320. The first-order chi connectivity index (χ1) is 14.6. The summed E-state index contributed by atoms with van der Waals surface area (Å²) in [5, 5.41) is 2.70. The van der Waals surface area contributed by atoms with Gasteiger partial charge in [0.2, 0.25) is 0 Å². The van der Waals surface area contributed by atoms with E-state index in [0.717, 1.165) is 22.7 Å². The molecule has 0 aromatic carbocycles. The summed E-state index contributed by atoms with van der Waals surface area (Å²) in [6.45, 7) is 3.35. The zero-order chi connectivity index (χ0) is 22.3. The van der Waals surface area contributed by atoms with Gasteiger partial charge in [0.25, 0.3) is 5.56 Å². The molecule has 0 atom stereocenters. The second-order valence-corrected chi connectivity index (χ2v) is 6.74. The van der Waals surface area contributed by atoms with Crippen molar-refractivity contribution in [2.75, 3.05) is 0 Å². The van der Waals surface area contributed by atoms with E-state index in [-0.39, 0.29) is 34.8 Å². The number of carbonyl (C=O) groups excluding carboxylic acids is 1. The van der Waals surface area contributed by atoms with Crippen LogP contribution in [0.1, 0.15) is 30.1 Å². The number of nitrogens with one attached hydrogen (secondary N) is 1. The van der Waals surface area contributed by atoms with Crippen LogP contribution in [0.3, 0.4) is 0 Å². The molecule has 0 unspecified atom stereocenters. The van der Waals surface area contributed by atoms with Gasteiger partial charge in [-0.25, -0.2) is 19.3 Å². The summed E-state index contributed by atoms with van der Waals surface area (Å²) < 4.78 is 49.8. The lowest BCUT2D eigenvalue weighted by Crippen LogP contribution is -2.14. The van der Waals surface area contributed by atoms with Crippen molar-refractivity contribution in [2.45, 2.75) is 26.1 Å². The van der Waals surface area contributed by atoms with E-state index in [1.807, 2.05) is 0 Å². The number of oxazole rings is 1. The van der Waals surface area contributed by atoms with Gasteiger partial charge in [-0.15, -0.1) is 0 Å². The molecule has 31 heavy (non-hydrogen) atoms. The minimum Gasteiger partial charge on any atom is -0.456 e. The summed E-state index contributed by atoms with van der Waals surface area (Å²) in [4.78, 5) is 36.4. The van der Waals surface area contributed by atoms with E-state index in [0.29, 0.717) is 11.8 Å². The number of ether oxygens (including phenoxy) is 1. The highest BCUT2D eigenvalue weighted by molar-refractivity contribution is 5.85. The first kappa shape index (κ1) is 20.3. The lowest BCUT2D eigenvalue weighted by molar-refractivity contribution is -0.137. The van der Waals surface area contributed by atoms with Crippen LogP contribution in [-0.2, 0) is 10.9 Å². The third-order valence-corrected chi connectivity index (χ3v) is 4.14. The van der Waals surface area contributed by atoms with Crippen LogP contribution < -0.4 is 5.56 Å². The van der Waals surface area contributed by atoms with E-state index >= 15 is 0 Å². The molecule has 160 valence electrons. The Balaban J connectivity index is 1.75. The summed E-state index contributed by atoms with van der Waals surface area (Å²) >= 11 is 0. The number of nitrogens with zero attached hydrogens (tertiary/aromatic N) is 4. The molecular formula is C19H14F3N5O4. The Morgan fingerprint density at radius 3 is 2.61 bits per heavy atom. The maximum atomic E-state index is 12.8. The monoisotopic (exact) mass is 433 g/mol. The molecule has 0 amide bonds. The number of esters is 1. The van der Waals surface area contributed by atoms with Crippen molar-refractivity contribution in [3.8, 4) is 22.7 Å². The third kappa shape index (κ3) is 3.91. The third-order valence-electron chi connectivity index (χ3n) is 4.14. The Morgan fingerprint density at radius 1 is 1.19 bits per heavy atom. The Labute approximate surface area is 171 Å². The van der Waals surface area contributed by atoms with Crippen LogP contribution in [-0.4, -0.2) is 36.6 Å². The van der Waals surface area contributed by atoms with E-state index in [9.17, 15) is 22.8 Å². The van der Waals surface area contributed by atoms with E-state index in [2.05, 4.69) is 20.1 Å². The van der Waals surface area contributed by atoms with Crippen molar-refractivity contribution in [3.63, 3.8) is 0 Å². The smallest absolute Gasteiger partial charge is 0.417 e. The average Bonchev–Trinajstić information content (AvgIpc) is 3.34. The number of hydrogen-bond acceptors (Lipinski definition) is 7. The van der Waals surface area contributed by atoms with Gasteiger partial charge in [0.05, 0.1) is 34.8 Å². The van der Waals surface area contributed by atoms with E-state index < -0.39 is 23.3 Å². The highest BCUT2D eigenvalue weighted by atomic mass is 19.4. The zero-order valence-electron chi connectivity index (χ0n) is 16.1. The summed E-state index contributed by atoms with van der Waals surface area (Å²) in [6, 6.07) is 3.11. The second-order valence-electron chi connectivity index (χ2n) is 6.74. The molecule has 0 aliphatic carbocycles. The molecular weight excluding hydrogens is 419 g/mol. The van der Waals surface area contributed by atoms with E-state index in [1.165, 1.54) is 12.4 Å². The zero-order valence-corrected chi connectivity index (χ0v) is 16.1. The largest absolute Gasteiger partial charge is 0.456 e. The topological polar surface area (TPSA) is 115 Å². The predicted molar refractivity (Wildman–Crippen MR) is 100 cm³/mol. The first-order valence-electron chi connectivity index (χ1n) is 8.95. The minimum absolute atomic E-state index is 0.0681. The molecule has 9 nitrogen and oxygen atoms in total. The van der Waals surface area contributed by atoms with Gasteiger partial charge < -0.3 is 9.15 Å². The van der Waals surface area contributed by atoms with Crippen LogP contribution in [0.4, 0.5) is 13.2 Å². The average molecular weight is 433 g/mol. The number of rotatable bonds is 4. The van der Waals surface area contributed by atoms with Crippen molar-refractivity contribution in [2.24, 2.45) is 0 Å². The van der Waals surface area contributed by atoms with Crippen LogP contribution in [0.2, 0.25) is 0 Å². The SMILES string of the molecule is CC(C)OC(=O)c1ncc(-c2c[nH]n3c(=O)cc(-c4ccc(C(F)(F)F)cn4)nc23)o1. The molecule has 12 heteroatoms. The number of fused-ring (bicyclic) bond motifs is 1. The number of H-pyrrole nitrogens is 1. The minimum atomic E-state index is -4.53. The fourth-order valence-corrected chi connectivity index (χ4v) is 2.76. The van der Waals surface area contributed by atoms with Gasteiger partial charge in [0, 0.05) is 18.5 Å². The van der Waals surface area contributed by atoms with Crippen molar-refractivity contribution >= 4 is 11.6 Å². The summed E-state index contributed by atoms with van der Waals surface area (Å²) in [5.74, 6) is -0.884. The first-order valence-corrected chi connectivity index (χ1v) is 8.95. The van der Waals surface area contributed by atoms with Crippen molar-refractivity contribution in [1.82, 2.24) is 24.6 Å². The number of aromatic amines is 1. The highest BCUT2D eigenvalue weighted by Gasteiger charge is 2.30. The number of aromatic nitrogens is 5. The molecule has 1 N–H and O–H groups in total. The fraction of sp³-hybridized carbons (Fsp3) is 0.211. The van der Waals surface area contributed by atoms with Crippen LogP contribution in [0.5, 0.6) is 0 Å². The molecule has 0 bridgehead atoms. The normalized spacial score (nSPS) is 11.9. The van der Waals surface area contributed by atoms with Crippen molar-refractivity contribution in [3.05, 3.63) is 58.6 Å². The molecule has 0 aliphatic rings. The lowest BCUT2D eigenvalue weighted by Gasteiger charge is -2.07. The Hall–Kier alpha value is -3.96. The predicted octanol–water partition coefficient (Wildman–Crippen LogP) is 3.32. The molecule has 0 radical (unpaired) electrons. The van der Waals surface area contributed by atoms with Gasteiger partial charge in [-0.05, 0) is 26.0 Å². The second kappa shape index (κ2) is 7.38. The van der Waals surface area contributed by atoms with E-state index in [4.69, 9.17) is 9.15 Å². The van der Waals surface area contributed by atoms with Crippen LogP contribution in [0.25, 0.3) is 28.4 Å². The quantitative estimate of drug-likeness (QED) is 0.491. The summed E-state index contributed by atoms with van der Waals surface area (Å²) in [7, 11) is 0. The molecule has 4 rings (SSSR count). The molecule has 0 spiro atoms. The highest BCUT2D eigenvalue weighted by Crippen LogP contribution is 2.30. The lowest BCUT2D eigenvalue weighted by atomic mass is 10.2. The van der Waals surface area contributed by atoms with Crippen LogP contribution in [0.15, 0.2) is 46.0 Å². The molecule has 0 saturated carbocycles. The number of alkyl halides is 3. The fourth-order valence-electron chi connectivity index (χ4n) is 2.76. The summed E-state index contributed by atoms with van der Waals surface area (Å²) in [5.41, 5.74) is -0.867. The van der Waals surface area contributed by atoms with E-state index in [1.54, 1.807) is 13.8 Å². The van der Waals surface area contributed by atoms with Gasteiger partial charge >= 0.3 is 18.0 Å². The van der Waals surface area contributed by atoms with Gasteiger partial charge in [0.1, 0.15) is 0 Å².